The summed E-state index contributed by atoms with van der Waals surface area (Å²) in [5, 5.41) is 5.32. The van der Waals surface area contributed by atoms with Gasteiger partial charge in [0, 0.05) is 40.8 Å². The van der Waals surface area contributed by atoms with Crippen LogP contribution < -0.4 is 10.3 Å². The largest absolute Gasteiger partial charge is 0.497 e. The van der Waals surface area contributed by atoms with Crippen molar-refractivity contribution in [1.82, 2.24) is 14.3 Å². The molecule has 0 bridgehead atoms. The lowest BCUT2D eigenvalue weighted by Gasteiger charge is -2.08. The summed E-state index contributed by atoms with van der Waals surface area (Å²) in [7, 11) is 3.55. The molecule has 0 saturated heterocycles. The summed E-state index contributed by atoms with van der Waals surface area (Å²) in [6.07, 6.45) is 0. The van der Waals surface area contributed by atoms with Gasteiger partial charge in [-0.3, -0.25) is 9.59 Å². The van der Waals surface area contributed by atoms with E-state index in [4.69, 9.17) is 4.74 Å². The zero-order chi connectivity index (χ0) is 21.4. The molecule has 0 radical (unpaired) electrons. The summed E-state index contributed by atoms with van der Waals surface area (Å²) in [5.41, 5.74) is 4.80. The van der Waals surface area contributed by atoms with Gasteiger partial charge in [-0.1, -0.05) is 12.1 Å². The number of rotatable bonds is 5. The van der Waals surface area contributed by atoms with Crippen molar-refractivity contribution in [2.75, 3.05) is 7.11 Å². The van der Waals surface area contributed by atoms with Gasteiger partial charge in [0.2, 0.25) is 0 Å². The van der Waals surface area contributed by atoms with Gasteiger partial charge < -0.3 is 9.30 Å². The molecule has 0 amide bonds. The fraction of sp³-hybridized carbons (Fsp3) is 0.208. The molecule has 0 aliphatic heterocycles. The van der Waals surface area contributed by atoms with E-state index in [0.717, 1.165) is 33.5 Å². The molecule has 6 nitrogen and oxygen atoms in total. The predicted molar refractivity (Wildman–Crippen MR) is 117 cm³/mol. The second-order valence-corrected chi connectivity index (χ2v) is 7.41. The van der Waals surface area contributed by atoms with Crippen LogP contribution in [0.5, 0.6) is 5.75 Å². The molecule has 2 aromatic heterocycles. The molecule has 0 unspecified atom stereocenters. The van der Waals surface area contributed by atoms with Crippen molar-refractivity contribution in [3.8, 4) is 17.0 Å². The second kappa shape index (κ2) is 7.63. The Morgan fingerprint density at radius 2 is 1.77 bits per heavy atom. The summed E-state index contributed by atoms with van der Waals surface area (Å²) < 4.78 is 8.43. The van der Waals surface area contributed by atoms with Gasteiger partial charge in [-0.2, -0.15) is 5.10 Å². The number of aromatic nitrogens is 3. The third-order valence-corrected chi connectivity index (χ3v) is 5.47. The Kier molecular flexibility index (Phi) is 4.99. The summed E-state index contributed by atoms with van der Waals surface area (Å²) in [6.45, 7) is 3.83. The zero-order valence-corrected chi connectivity index (χ0v) is 17.5. The van der Waals surface area contributed by atoms with Crippen molar-refractivity contribution >= 4 is 16.7 Å². The molecule has 30 heavy (non-hydrogen) atoms. The minimum absolute atomic E-state index is 0.114. The highest BCUT2D eigenvalue weighted by Crippen LogP contribution is 2.27. The van der Waals surface area contributed by atoms with Gasteiger partial charge in [-0.15, -0.1) is 0 Å². The van der Waals surface area contributed by atoms with E-state index in [1.165, 1.54) is 10.7 Å². The van der Waals surface area contributed by atoms with Gasteiger partial charge in [0.25, 0.3) is 5.56 Å². The predicted octanol–water partition coefficient (Wildman–Crippen LogP) is 3.91. The summed E-state index contributed by atoms with van der Waals surface area (Å²) in [5.74, 6) is 0.604. The molecule has 4 rings (SSSR count). The van der Waals surface area contributed by atoms with Crippen LogP contribution in [-0.2, 0) is 13.6 Å². The molecule has 0 N–H and O–H groups in total. The lowest BCUT2D eigenvalue weighted by Crippen LogP contribution is -2.26. The smallest absolute Gasteiger partial charge is 0.267 e. The average Bonchev–Trinajstić information content (AvgIpc) is 2.99. The van der Waals surface area contributed by atoms with Crippen molar-refractivity contribution in [3.05, 3.63) is 81.8 Å². The highest BCUT2D eigenvalue weighted by atomic mass is 16.5. The summed E-state index contributed by atoms with van der Waals surface area (Å²) in [4.78, 5) is 25.6. The van der Waals surface area contributed by atoms with Crippen LogP contribution in [0, 0.1) is 13.8 Å². The van der Waals surface area contributed by atoms with E-state index in [0.29, 0.717) is 11.3 Å². The standard InChI is InChI=1S/C24H23N3O3/c1-15-5-10-19-21(13-15)26(3)16(2)24(19)22(28)14-27-23(29)12-11-20(25-27)17-6-8-18(30-4)9-7-17/h5-13H,14H2,1-4H3. The van der Waals surface area contributed by atoms with Gasteiger partial charge in [-0.25, -0.2) is 4.68 Å². The van der Waals surface area contributed by atoms with Gasteiger partial charge in [0.1, 0.15) is 12.3 Å². The highest BCUT2D eigenvalue weighted by Gasteiger charge is 2.20. The van der Waals surface area contributed by atoms with Gasteiger partial charge in [0.05, 0.1) is 12.8 Å². The number of fused-ring (bicyclic) bond motifs is 1. The quantitative estimate of drug-likeness (QED) is 0.476. The number of hydrogen-bond donors (Lipinski definition) is 0. The lowest BCUT2D eigenvalue weighted by atomic mass is 10.1. The third-order valence-electron chi connectivity index (χ3n) is 5.47. The molecule has 0 spiro atoms. The van der Waals surface area contributed by atoms with E-state index in [9.17, 15) is 9.59 Å². The molecule has 0 saturated carbocycles. The van der Waals surface area contributed by atoms with Crippen molar-refractivity contribution < 1.29 is 9.53 Å². The van der Waals surface area contributed by atoms with Crippen LogP contribution in [0.2, 0.25) is 0 Å². The minimum Gasteiger partial charge on any atom is -0.497 e. The molecule has 0 fully saturated rings. The number of Topliss-reactive ketones (excluding diaryl/α,β-unsaturated/α-hetero) is 1. The Balaban J connectivity index is 1.71. The molecule has 6 heteroatoms. The van der Waals surface area contributed by atoms with E-state index in [1.807, 2.05) is 61.9 Å². The minimum atomic E-state index is -0.311. The zero-order valence-electron chi connectivity index (χ0n) is 17.5. The third kappa shape index (κ3) is 3.41. The number of aryl methyl sites for hydroxylation is 2. The Morgan fingerprint density at radius 3 is 2.47 bits per heavy atom. The molecule has 2 heterocycles. The molecule has 0 aliphatic carbocycles. The second-order valence-electron chi connectivity index (χ2n) is 7.41. The molecule has 2 aromatic carbocycles. The number of ketones is 1. The molecular weight excluding hydrogens is 378 g/mol. The molecule has 4 aromatic rings. The first-order chi connectivity index (χ1) is 14.4. The summed E-state index contributed by atoms with van der Waals surface area (Å²) in [6, 6.07) is 16.5. The Morgan fingerprint density at radius 1 is 1.03 bits per heavy atom. The van der Waals surface area contributed by atoms with Crippen LogP contribution in [0.3, 0.4) is 0 Å². The molecular formula is C24H23N3O3. The van der Waals surface area contributed by atoms with Crippen LogP contribution in [0.4, 0.5) is 0 Å². The maximum absolute atomic E-state index is 13.2. The molecule has 0 atom stereocenters. The van der Waals surface area contributed by atoms with E-state index in [-0.39, 0.29) is 17.9 Å². The van der Waals surface area contributed by atoms with Crippen molar-refractivity contribution in [3.63, 3.8) is 0 Å². The van der Waals surface area contributed by atoms with Crippen LogP contribution in [0.25, 0.3) is 22.2 Å². The highest BCUT2D eigenvalue weighted by molar-refractivity contribution is 6.09. The SMILES string of the molecule is COc1ccc(-c2ccc(=O)n(CC(=O)c3c(C)n(C)c4cc(C)ccc34)n2)cc1. The number of benzene rings is 2. The molecule has 0 aliphatic rings. The fourth-order valence-electron chi connectivity index (χ4n) is 3.72. The van der Waals surface area contributed by atoms with Crippen LogP contribution in [0.1, 0.15) is 21.6 Å². The monoisotopic (exact) mass is 401 g/mol. The van der Waals surface area contributed by atoms with Crippen LogP contribution >= 0.6 is 0 Å². The van der Waals surface area contributed by atoms with E-state index >= 15 is 0 Å². The first kappa shape index (κ1) is 19.6. The number of ether oxygens (including phenoxy) is 1. The van der Waals surface area contributed by atoms with Crippen LogP contribution in [-0.4, -0.2) is 27.2 Å². The Hall–Kier alpha value is -3.67. The first-order valence-electron chi connectivity index (χ1n) is 9.70. The van der Waals surface area contributed by atoms with E-state index in [2.05, 4.69) is 11.2 Å². The lowest BCUT2D eigenvalue weighted by molar-refractivity contribution is 0.0966. The van der Waals surface area contributed by atoms with Crippen molar-refractivity contribution in [1.29, 1.82) is 0 Å². The molecule has 152 valence electrons. The number of hydrogen-bond acceptors (Lipinski definition) is 4. The van der Waals surface area contributed by atoms with E-state index in [1.54, 1.807) is 13.2 Å². The average molecular weight is 401 g/mol. The van der Waals surface area contributed by atoms with Crippen molar-refractivity contribution in [2.24, 2.45) is 7.05 Å². The maximum Gasteiger partial charge on any atom is 0.267 e. The Bertz CT molecular complexity index is 1310. The Labute approximate surface area is 174 Å². The normalized spacial score (nSPS) is 11.1. The fourth-order valence-corrected chi connectivity index (χ4v) is 3.72. The summed E-state index contributed by atoms with van der Waals surface area (Å²) >= 11 is 0. The van der Waals surface area contributed by atoms with Crippen LogP contribution in [0.15, 0.2) is 59.4 Å². The van der Waals surface area contributed by atoms with Crippen molar-refractivity contribution in [2.45, 2.75) is 20.4 Å². The van der Waals surface area contributed by atoms with Gasteiger partial charge in [-0.05, 0) is 55.8 Å². The van der Waals surface area contributed by atoms with E-state index < -0.39 is 0 Å². The van der Waals surface area contributed by atoms with Gasteiger partial charge in [0.15, 0.2) is 5.78 Å². The number of methoxy groups -OCH3 is 1. The maximum atomic E-state index is 13.2. The van der Waals surface area contributed by atoms with Gasteiger partial charge >= 0.3 is 0 Å². The first-order valence-corrected chi connectivity index (χ1v) is 9.70. The number of nitrogens with zero attached hydrogens (tertiary/aromatic N) is 3. The topological polar surface area (TPSA) is 66.1 Å². The number of carbonyl (C=O) groups excluding carboxylic acids is 1. The number of carbonyl (C=O) groups is 1.